The van der Waals surface area contributed by atoms with E-state index < -0.39 is 14.8 Å². The van der Waals surface area contributed by atoms with Gasteiger partial charge in [0.15, 0.2) is 9.84 Å². The van der Waals surface area contributed by atoms with E-state index >= 15 is 0 Å². The molecule has 0 bridgehead atoms. The first-order chi connectivity index (χ1) is 14.3. The van der Waals surface area contributed by atoms with E-state index in [2.05, 4.69) is 32.6 Å². The maximum absolute atomic E-state index is 14.6. The Morgan fingerprint density at radius 1 is 1.26 bits per heavy atom. The molecule has 174 valence electrons. The van der Waals surface area contributed by atoms with Crippen LogP contribution in [0.2, 0.25) is 0 Å². The van der Waals surface area contributed by atoms with Gasteiger partial charge in [0.05, 0.1) is 6.10 Å². The van der Waals surface area contributed by atoms with Crippen LogP contribution in [0.3, 0.4) is 0 Å². The zero-order valence-electron chi connectivity index (χ0n) is 19.5. The fourth-order valence-electron chi connectivity index (χ4n) is 6.12. The average Bonchev–Trinajstić information content (AvgIpc) is 3.03. The van der Waals surface area contributed by atoms with Gasteiger partial charge < -0.3 is 5.11 Å². The maximum atomic E-state index is 14.6. The van der Waals surface area contributed by atoms with Crippen LogP contribution in [0.25, 0.3) is 0 Å². The summed E-state index contributed by atoms with van der Waals surface area (Å²) in [4.78, 5) is 0. The molecule has 3 aliphatic rings. The van der Waals surface area contributed by atoms with Crippen molar-refractivity contribution in [2.45, 2.75) is 83.2 Å². The van der Waals surface area contributed by atoms with Crippen molar-refractivity contribution < 1.29 is 17.9 Å². The van der Waals surface area contributed by atoms with Gasteiger partial charge in [0.2, 0.25) is 5.00 Å². The molecule has 3 rings (SSSR count). The van der Waals surface area contributed by atoms with Crippen molar-refractivity contribution in [3.8, 4) is 0 Å². The van der Waals surface area contributed by atoms with Crippen molar-refractivity contribution >= 4 is 9.84 Å². The SMILES string of the molecule is C=C1CC[C@H](O)C/C1=C/C=C1\CCC[C@]2(C)C(C(C)/C=C/[C@@](C)(F)S(C)(=O)=O)CC[C@@H]12. The van der Waals surface area contributed by atoms with Crippen LogP contribution in [0, 0.1) is 23.2 Å². The molecule has 2 unspecified atom stereocenters. The van der Waals surface area contributed by atoms with Gasteiger partial charge in [-0.1, -0.05) is 49.8 Å². The molecule has 3 aliphatic carbocycles. The van der Waals surface area contributed by atoms with Gasteiger partial charge in [-0.15, -0.1) is 0 Å². The van der Waals surface area contributed by atoms with Gasteiger partial charge in [0.25, 0.3) is 0 Å². The van der Waals surface area contributed by atoms with Gasteiger partial charge in [-0.05, 0) is 93.1 Å². The van der Waals surface area contributed by atoms with Crippen LogP contribution in [0.1, 0.15) is 72.1 Å². The Hall–Kier alpha value is -1.20. The number of fused-ring (bicyclic) bond motifs is 1. The summed E-state index contributed by atoms with van der Waals surface area (Å²) in [5, 5.41) is 7.68. The number of alkyl halides is 1. The maximum Gasteiger partial charge on any atom is 0.225 e. The molecule has 0 aliphatic heterocycles. The molecule has 0 aromatic carbocycles. The van der Waals surface area contributed by atoms with Crippen LogP contribution in [0.15, 0.2) is 47.6 Å². The van der Waals surface area contributed by atoms with E-state index in [1.807, 2.05) is 0 Å². The number of hydrogen-bond donors (Lipinski definition) is 1. The molecule has 0 aromatic heterocycles. The first-order valence-corrected chi connectivity index (χ1v) is 13.6. The predicted octanol–water partition coefficient (Wildman–Crippen LogP) is 6.08. The molecule has 0 aromatic rings. The Balaban J connectivity index is 1.78. The van der Waals surface area contributed by atoms with E-state index in [1.54, 1.807) is 6.08 Å². The Morgan fingerprint density at radius 3 is 2.65 bits per heavy atom. The minimum Gasteiger partial charge on any atom is -0.393 e. The lowest BCUT2D eigenvalue weighted by Crippen LogP contribution is -2.35. The summed E-state index contributed by atoms with van der Waals surface area (Å²) in [5.74, 6) is 1.04. The van der Waals surface area contributed by atoms with E-state index in [4.69, 9.17) is 0 Å². The quantitative estimate of drug-likeness (QED) is 0.517. The molecule has 0 radical (unpaired) electrons. The van der Waals surface area contributed by atoms with Crippen molar-refractivity contribution in [3.63, 3.8) is 0 Å². The Labute approximate surface area is 188 Å². The molecule has 0 saturated heterocycles. The summed E-state index contributed by atoms with van der Waals surface area (Å²) in [6.45, 7) is 9.76. The highest BCUT2D eigenvalue weighted by molar-refractivity contribution is 7.92. The van der Waals surface area contributed by atoms with Gasteiger partial charge in [0, 0.05) is 6.26 Å². The van der Waals surface area contributed by atoms with Gasteiger partial charge >= 0.3 is 0 Å². The normalized spacial score (nSPS) is 37.9. The molecule has 1 N–H and O–H groups in total. The summed E-state index contributed by atoms with van der Waals surface area (Å²) in [7, 11) is -3.79. The lowest BCUT2D eigenvalue weighted by molar-refractivity contribution is 0.112. The van der Waals surface area contributed by atoms with Gasteiger partial charge in [-0.2, -0.15) is 0 Å². The van der Waals surface area contributed by atoms with Crippen LogP contribution >= 0.6 is 0 Å². The molecule has 31 heavy (non-hydrogen) atoms. The number of hydrogen-bond acceptors (Lipinski definition) is 3. The highest BCUT2D eigenvalue weighted by atomic mass is 32.2. The summed E-state index contributed by atoms with van der Waals surface area (Å²) in [5.41, 5.74) is 3.95. The van der Waals surface area contributed by atoms with E-state index in [9.17, 15) is 17.9 Å². The van der Waals surface area contributed by atoms with Gasteiger partial charge in [0.1, 0.15) is 0 Å². The average molecular weight is 451 g/mol. The largest absolute Gasteiger partial charge is 0.393 e. The molecule has 5 heteroatoms. The van der Waals surface area contributed by atoms with Gasteiger partial charge in [-0.25, -0.2) is 12.8 Å². The van der Waals surface area contributed by atoms with Crippen molar-refractivity contribution in [2.24, 2.45) is 23.2 Å². The molecule has 0 heterocycles. The summed E-state index contributed by atoms with van der Waals surface area (Å²) in [6.07, 6.45) is 16.1. The van der Waals surface area contributed by atoms with Crippen LogP contribution in [-0.4, -0.2) is 30.9 Å². The van der Waals surface area contributed by atoms with Gasteiger partial charge in [-0.3, -0.25) is 0 Å². The van der Waals surface area contributed by atoms with Crippen molar-refractivity contribution in [2.75, 3.05) is 6.26 Å². The van der Waals surface area contributed by atoms with Crippen LogP contribution < -0.4 is 0 Å². The lowest BCUT2D eigenvalue weighted by atomic mass is 9.61. The summed E-state index contributed by atoms with van der Waals surface area (Å²) in [6, 6.07) is 0. The van der Waals surface area contributed by atoms with Crippen LogP contribution in [0.5, 0.6) is 0 Å². The molecule has 3 saturated carbocycles. The van der Waals surface area contributed by atoms with Crippen molar-refractivity contribution in [1.29, 1.82) is 0 Å². The number of sulfone groups is 1. The Bertz CT molecular complexity index is 896. The molecular weight excluding hydrogens is 411 g/mol. The fourth-order valence-corrected chi connectivity index (χ4v) is 6.45. The molecule has 0 spiro atoms. The van der Waals surface area contributed by atoms with E-state index in [1.165, 1.54) is 17.2 Å². The first kappa shape index (κ1) is 24.4. The van der Waals surface area contributed by atoms with Crippen LogP contribution in [0.4, 0.5) is 4.39 Å². The second kappa shape index (κ2) is 8.97. The Kier molecular flexibility index (Phi) is 7.08. The minimum absolute atomic E-state index is 0.123. The van der Waals surface area contributed by atoms with E-state index in [0.29, 0.717) is 18.3 Å². The van der Waals surface area contributed by atoms with Crippen LogP contribution in [-0.2, 0) is 9.84 Å². The zero-order valence-corrected chi connectivity index (χ0v) is 20.3. The molecule has 6 atom stereocenters. The molecule has 3 nitrogen and oxygen atoms in total. The highest BCUT2D eigenvalue weighted by Gasteiger charge is 2.50. The highest BCUT2D eigenvalue weighted by Crippen LogP contribution is 2.59. The number of halogens is 1. The summed E-state index contributed by atoms with van der Waals surface area (Å²) >= 11 is 0. The third kappa shape index (κ3) is 5.08. The van der Waals surface area contributed by atoms with Crippen molar-refractivity contribution in [1.82, 2.24) is 0 Å². The number of aliphatic hydroxyl groups is 1. The fraction of sp³-hybridized carbons (Fsp3) is 0.692. The second-order valence-electron chi connectivity index (χ2n) is 10.5. The monoisotopic (exact) mass is 450 g/mol. The molecule has 3 fully saturated rings. The standard InChI is InChI=1S/C26H39FO3S/c1-18-8-11-22(28)17-21(18)10-9-20-7-6-15-25(3)23(12-13-24(20)25)19(2)14-16-26(4,27)31(5,29)30/h9-10,14,16,19,22-24,28H,1,6-8,11-13,15,17H2,2-5H3/b16-14+,20-9+,21-10-/t19?,22-,23?,24-,25+,26-/m0/s1. The second-order valence-corrected chi connectivity index (χ2v) is 12.8. The first-order valence-electron chi connectivity index (χ1n) is 11.7. The topological polar surface area (TPSA) is 54.4 Å². The Morgan fingerprint density at radius 2 is 1.97 bits per heavy atom. The summed E-state index contributed by atoms with van der Waals surface area (Å²) < 4.78 is 38.0. The minimum atomic E-state index is -3.79. The zero-order chi connectivity index (χ0) is 23.0. The third-order valence-electron chi connectivity index (χ3n) is 8.28. The van der Waals surface area contributed by atoms with Crippen molar-refractivity contribution in [3.05, 3.63) is 47.6 Å². The molecular formula is C26H39FO3S. The smallest absolute Gasteiger partial charge is 0.225 e. The molecule has 0 amide bonds. The third-order valence-corrected chi connectivity index (χ3v) is 9.87. The lowest BCUT2D eigenvalue weighted by Gasteiger charge is -2.44. The van der Waals surface area contributed by atoms with E-state index in [-0.39, 0.29) is 17.4 Å². The number of aliphatic hydroxyl groups excluding tert-OH is 1. The number of allylic oxidation sites excluding steroid dienone is 5. The predicted molar refractivity (Wildman–Crippen MR) is 126 cm³/mol. The van der Waals surface area contributed by atoms with E-state index in [0.717, 1.165) is 63.7 Å². The number of rotatable bonds is 5.